The van der Waals surface area contributed by atoms with Gasteiger partial charge in [-0.3, -0.25) is 0 Å². The van der Waals surface area contributed by atoms with E-state index in [0.717, 1.165) is 12.1 Å². The first-order valence-corrected chi connectivity index (χ1v) is 4.30. The average molecular weight is 234 g/mol. The van der Waals surface area contributed by atoms with Gasteiger partial charge in [0.1, 0.15) is 0 Å². The molecule has 0 spiro atoms. The molecule has 0 saturated carbocycles. The van der Waals surface area contributed by atoms with Crippen LogP contribution in [0.15, 0.2) is 29.2 Å². The number of hydrogen-bond acceptors (Lipinski definition) is 1. The van der Waals surface area contributed by atoms with Crippen molar-refractivity contribution < 1.29 is 52.9 Å². The van der Waals surface area contributed by atoms with Gasteiger partial charge in [-0.1, -0.05) is 12.1 Å². The van der Waals surface area contributed by atoms with E-state index in [9.17, 15) is 17.4 Å². The van der Waals surface area contributed by atoms with Gasteiger partial charge in [0, 0.05) is 0 Å². The Balaban J connectivity index is 0. The van der Waals surface area contributed by atoms with Crippen LogP contribution in [0, 0.1) is 0 Å². The maximum atomic E-state index is 12.2. The van der Waals surface area contributed by atoms with E-state index in [-0.39, 0.29) is 31.0 Å². The van der Waals surface area contributed by atoms with E-state index in [2.05, 4.69) is 0 Å². The van der Waals surface area contributed by atoms with Crippen LogP contribution >= 0.6 is 0 Å². The van der Waals surface area contributed by atoms with Gasteiger partial charge in [-0.15, -0.1) is 0 Å². The molecule has 0 heterocycles. The molecule has 7 heteroatoms. The van der Waals surface area contributed by atoms with Gasteiger partial charge >= 0.3 is 35.7 Å². The molecule has 1 unspecified atom stereocenters. The van der Waals surface area contributed by atoms with Gasteiger partial charge in [0.05, 0.1) is 10.5 Å². The van der Waals surface area contributed by atoms with Crippen LogP contribution in [0.3, 0.4) is 0 Å². The van der Waals surface area contributed by atoms with Gasteiger partial charge in [-0.25, -0.2) is 4.21 Å². The van der Waals surface area contributed by atoms with Crippen LogP contribution in [0.2, 0.25) is 0 Å². The standard InChI is InChI=1S/C7H5F3O2S.Na.H/c8-7(9,10)5-3-1-2-4-6(5)13(11)12;;/h1-4H,(H,11,12);;/q;+1;-1. The summed E-state index contributed by atoms with van der Waals surface area (Å²) in [6.07, 6.45) is -4.59. The van der Waals surface area contributed by atoms with Crippen LogP contribution in [0.4, 0.5) is 13.2 Å². The van der Waals surface area contributed by atoms with Crippen LogP contribution in [0.25, 0.3) is 0 Å². The summed E-state index contributed by atoms with van der Waals surface area (Å²) >= 11 is -2.61. The fraction of sp³-hybridized carbons (Fsp3) is 0.143. The van der Waals surface area contributed by atoms with Crippen molar-refractivity contribution in [1.29, 1.82) is 0 Å². The molecule has 74 valence electrons. The van der Waals surface area contributed by atoms with E-state index < -0.39 is 27.7 Å². The van der Waals surface area contributed by atoms with E-state index in [0.29, 0.717) is 0 Å². The van der Waals surface area contributed by atoms with E-state index in [4.69, 9.17) is 4.55 Å². The molecule has 1 aromatic rings. The van der Waals surface area contributed by atoms with Gasteiger partial charge in [0.25, 0.3) is 0 Å². The molecule has 0 aliphatic carbocycles. The van der Waals surface area contributed by atoms with Crippen molar-refractivity contribution in [3.63, 3.8) is 0 Å². The predicted molar refractivity (Wildman–Crippen MR) is 41.6 cm³/mol. The van der Waals surface area contributed by atoms with Crippen LogP contribution in [-0.2, 0) is 17.3 Å². The fourth-order valence-corrected chi connectivity index (χ4v) is 1.42. The third-order valence-corrected chi connectivity index (χ3v) is 2.11. The molecule has 14 heavy (non-hydrogen) atoms. The molecule has 1 rings (SSSR count). The Kier molecular flexibility index (Phi) is 5.32. The van der Waals surface area contributed by atoms with Crippen LogP contribution in [-0.4, -0.2) is 8.76 Å². The molecular formula is C7H6F3NaO2S. The normalized spacial score (nSPS) is 13.1. The van der Waals surface area contributed by atoms with Crippen molar-refractivity contribution in [1.82, 2.24) is 0 Å². The second-order valence-corrected chi connectivity index (χ2v) is 3.18. The summed E-state index contributed by atoms with van der Waals surface area (Å²) in [4.78, 5) is -0.616. The molecule has 0 aliphatic rings. The second kappa shape index (κ2) is 5.27. The van der Waals surface area contributed by atoms with Crippen LogP contribution < -0.4 is 29.6 Å². The Hall–Kier alpha value is 0.120. The molecule has 1 aromatic carbocycles. The zero-order valence-corrected chi connectivity index (χ0v) is 10.0. The Bertz CT molecular complexity index is 345. The maximum absolute atomic E-state index is 12.2. The van der Waals surface area contributed by atoms with Crippen molar-refractivity contribution in [3.05, 3.63) is 29.8 Å². The number of alkyl halides is 3. The summed E-state index contributed by atoms with van der Waals surface area (Å²) in [6.45, 7) is 0. The zero-order chi connectivity index (χ0) is 10.1. The van der Waals surface area contributed by atoms with Gasteiger partial charge in [-0.05, 0) is 12.1 Å². The first-order valence-electron chi connectivity index (χ1n) is 3.20. The van der Waals surface area contributed by atoms with Crippen molar-refractivity contribution in [3.8, 4) is 0 Å². The molecule has 0 aromatic heterocycles. The molecule has 1 atom stereocenters. The van der Waals surface area contributed by atoms with Crippen LogP contribution in [0.5, 0.6) is 0 Å². The van der Waals surface area contributed by atoms with Crippen molar-refractivity contribution in [2.45, 2.75) is 11.1 Å². The molecule has 0 fully saturated rings. The number of benzene rings is 1. The Morgan fingerprint density at radius 2 is 1.79 bits per heavy atom. The van der Waals surface area contributed by atoms with E-state index >= 15 is 0 Å². The van der Waals surface area contributed by atoms with E-state index in [1.54, 1.807) is 0 Å². The minimum atomic E-state index is -4.59. The van der Waals surface area contributed by atoms with Crippen LogP contribution in [0.1, 0.15) is 6.99 Å². The minimum Gasteiger partial charge on any atom is -1.00 e. The first kappa shape index (κ1) is 14.1. The van der Waals surface area contributed by atoms with E-state index in [1.165, 1.54) is 12.1 Å². The van der Waals surface area contributed by atoms with Crippen molar-refractivity contribution in [2.75, 3.05) is 0 Å². The summed E-state index contributed by atoms with van der Waals surface area (Å²) in [5, 5.41) is 0. The number of halogens is 3. The smallest absolute Gasteiger partial charge is 1.00 e. The fourth-order valence-electron chi connectivity index (χ4n) is 0.853. The molecule has 1 N–H and O–H groups in total. The summed E-state index contributed by atoms with van der Waals surface area (Å²) in [5.74, 6) is 0. The van der Waals surface area contributed by atoms with Crippen molar-refractivity contribution in [2.24, 2.45) is 0 Å². The summed E-state index contributed by atoms with van der Waals surface area (Å²) in [6, 6.07) is 4.18. The molecule has 0 bridgehead atoms. The quantitative estimate of drug-likeness (QED) is 0.520. The molecule has 0 aliphatic heterocycles. The summed E-state index contributed by atoms with van der Waals surface area (Å²) in [5.41, 5.74) is -1.07. The Morgan fingerprint density at radius 3 is 2.14 bits per heavy atom. The van der Waals surface area contributed by atoms with E-state index in [1.807, 2.05) is 0 Å². The van der Waals surface area contributed by atoms with Gasteiger partial charge in [0.2, 0.25) is 0 Å². The van der Waals surface area contributed by atoms with Gasteiger partial charge < -0.3 is 5.98 Å². The molecule has 0 saturated heterocycles. The molecule has 0 radical (unpaired) electrons. The number of rotatable bonds is 1. The predicted octanol–water partition coefficient (Wildman–Crippen LogP) is -0.597. The Labute approximate surface area is 105 Å². The minimum absolute atomic E-state index is 0. The molecular weight excluding hydrogens is 228 g/mol. The Morgan fingerprint density at radius 1 is 1.29 bits per heavy atom. The zero-order valence-electron chi connectivity index (χ0n) is 8.21. The van der Waals surface area contributed by atoms with Gasteiger partial charge in [0.15, 0.2) is 11.1 Å². The number of hydrogen-bond donors (Lipinski definition) is 1. The van der Waals surface area contributed by atoms with Gasteiger partial charge in [-0.2, -0.15) is 13.2 Å². The third-order valence-electron chi connectivity index (χ3n) is 1.38. The topological polar surface area (TPSA) is 37.3 Å². The SMILES string of the molecule is O=S(O)c1ccccc1C(F)(F)F.[H-].[Na+]. The summed E-state index contributed by atoms with van der Waals surface area (Å²) < 4.78 is 55.5. The molecule has 2 nitrogen and oxygen atoms in total. The van der Waals surface area contributed by atoms with Crippen molar-refractivity contribution >= 4 is 11.1 Å². The summed E-state index contributed by atoms with van der Waals surface area (Å²) in [7, 11) is 0. The largest absolute Gasteiger partial charge is 1.00 e. The first-order chi connectivity index (χ1) is 5.93. The molecule has 0 amide bonds. The monoisotopic (exact) mass is 234 g/mol. The average Bonchev–Trinajstić information content (AvgIpc) is 2.03. The second-order valence-electron chi connectivity index (χ2n) is 2.24. The maximum Gasteiger partial charge on any atom is 1.00 e. The third kappa shape index (κ3) is 3.36.